The van der Waals surface area contributed by atoms with Crippen LogP contribution in [0.5, 0.6) is 0 Å². The van der Waals surface area contributed by atoms with Crippen molar-refractivity contribution >= 4 is 27.5 Å². The number of sulfonamides is 1. The van der Waals surface area contributed by atoms with Gasteiger partial charge in [0.1, 0.15) is 6.04 Å². The fraction of sp³-hybridized carbons (Fsp3) is 0.176. The molecule has 0 saturated carbocycles. The Hall–Kier alpha value is -2.67. The van der Waals surface area contributed by atoms with Crippen LogP contribution in [0.3, 0.4) is 0 Å². The highest BCUT2D eigenvalue weighted by atomic mass is 32.2. The summed E-state index contributed by atoms with van der Waals surface area (Å²) in [4.78, 5) is 24.6. The van der Waals surface area contributed by atoms with Crippen LogP contribution in [0.4, 0.5) is 5.69 Å². The summed E-state index contributed by atoms with van der Waals surface area (Å²) in [6.07, 6.45) is 0.197. The molecule has 1 N–H and O–H groups in total. The third-order valence-electron chi connectivity index (χ3n) is 3.80. The van der Waals surface area contributed by atoms with Gasteiger partial charge in [0.25, 0.3) is 10.0 Å². The SMILES string of the molecule is O=C(Nc1ccccc1)[C@H]1CCC(=O)N1S(=O)(=O)c1ccccc1. The minimum Gasteiger partial charge on any atom is -0.324 e. The van der Waals surface area contributed by atoms with Crippen LogP contribution in [0, 0.1) is 0 Å². The van der Waals surface area contributed by atoms with E-state index in [-0.39, 0.29) is 17.7 Å². The van der Waals surface area contributed by atoms with Crippen LogP contribution in [0.15, 0.2) is 65.6 Å². The highest BCUT2D eigenvalue weighted by Crippen LogP contribution is 2.28. The van der Waals surface area contributed by atoms with Crippen molar-refractivity contribution in [2.24, 2.45) is 0 Å². The largest absolute Gasteiger partial charge is 0.324 e. The number of nitrogens with one attached hydrogen (secondary N) is 1. The predicted molar refractivity (Wildman–Crippen MR) is 88.6 cm³/mol. The Morgan fingerprint density at radius 2 is 1.58 bits per heavy atom. The van der Waals surface area contributed by atoms with Gasteiger partial charge in [0.2, 0.25) is 11.8 Å². The lowest BCUT2D eigenvalue weighted by Gasteiger charge is -2.23. The maximum atomic E-state index is 12.7. The maximum absolute atomic E-state index is 12.7. The first-order valence-electron chi connectivity index (χ1n) is 7.48. The summed E-state index contributed by atoms with van der Waals surface area (Å²) in [7, 11) is -4.05. The number of carbonyl (C=O) groups excluding carboxylic acids is 2. The van der Waals surface area contributed by atoms with E-state index in [2.05, 4.69) is 5.32 Å². The van der Waals surface area contributed by atoms with Crippen molar-refractivity contribution in [3.63, 3.8) is 0 Å². The van der Waals surface area contributed by atoms with E-state index in [1.165, 1.54) is 12.1 Å². The van der Waals surface area contributed by atoms with Crippen LogP contribution in [-0.4, -0.2) is 30.6 Å². The molecule has 0 bridgehead atoms. The number of hydrogen-bond acceptors (Lipinski definition) is 4. The predicted octanol–water partition coefficient (Wildman–Crippen LogP) is 2.01. The second-order valence-electron chi connectivity index (χ2n) is 5.42. The molecule has 2 aromatic carbocycles. The van der Waals surface area contributed by atoms with E-state index in [4.69, 9.17) is 0 Å². The zero-order valence-corrected chi connectivity index (χ0v) is 13.6. The standard InChI is InChI=1S/C17H16N2O4S/c20-16-12-11-15(17(21)18-13-7-3-1-4-8-13)19(16)24(22,23)14-9-5-2-6-10-14/h1-10,15H,11-12H2,(H,18,21)/t15-/m1/s1. The first-order valence-corrected chi connectivity index (χ1v) is 8.92. The van der Waals surface area contributed by atoms with Crippen LogP contribution < -0.4 is 5.32 Å². The van der Waals surface area contributed by atoms with E-state index in [9.17, 15) is 18.0 Å². The molecule has 1 heterocycles. The first-order chi connectivity index (χ1) is 11.5. The minimum atomic E-state index is -4.05. The fourth-order valence-corrected chi connectivity index (χ4v) is 4.28. The lowest BCUT2D eigenvalue weighted by molar-refractivity contribution is -0.128. The number of benzene rings is 2. The molecule has 124 valence electrons. The molecule has 6 nitrogen and oxygen atoms in total. The van der Waals surface area contributed by atoms with Gasteiger partial charge in [-0.25, -0.2) is 12.7 Å². The zero-order chi connectivity index (χ0) is 17.2. The molecule has 1 aliphatic rings. The van der Waals surface area contributed by atoms with Gasteiger partial charge in [0, 0.05) is 12.1 Å². The quantitative estimate of drug-likeness (QED) is 0.919. The molecular formula is C17H16N2O4S. The molecular weight excluding hydrogens is 328 g/mol. The average Bonchev–Trinajstić information content (AvgIpc) is 2.99. The minimum absolute atomic E-state index is 0.00207. The molecule has 24 heavy (non-hydrogen) atoms. The Morgan fingerprint density at radius 1 is 1.00 bits per heavy atom. The summed E-state index contributed by atoms with van der Waals surface area (Å²) in [6, 6.07) is 15.3. The number of anilines is 1. The van der Waals surface area contributed by atoms with Crippen molar-refractivity contribution in [1.29, 1.82) is 0 Å². The molecule has 2 aromatic rings. The monoisotopic (exact) mass is 344 g/mol. The second-order valence-corrected chi connectivity index (χ2v) is 7.23. The van der Waals surface area contributed by atoms with Crippen LogP contribution in [0.25, 0.3) is 0 Å². The van der Waals surface area contributed by atoms with Crippen LogP contribution in [0.1, 0.15) is 12.8 Å². The summed E-state index contributed by atoms with van der Waals surface area (Å²) in [5.74, 6) is -1.07. The van der Waals surface area contributed by atoms with E-state index in [1.807, 2.05) is 0 Å². The number of rotatable bonds is 4. The lowest BCUT2D eigenvalue weighted by atomic mass is 10.2. The Balaban J connectivity index is 1.88. The fourth-order valence-electron chi connectivity index (χ4n) is 2.65. The van der Waals surface area contributed by atoms with E-state index in [0.29, 0.717) is 9.99 Å². The van der Waals surface area contributed by atoms with Gasteiger partial charge in [-0.2, -0.15) is 0 Å². The molecule has 0 aliphatic carbocycles. The van der Waals surface area contributed by atoms with E-state index in [0.717, 1.165) is 0 Å². The third-order valence-corrected chi connectivity index (χ3v) is 5.65. The Bertz CT molecular complexity index is 851. The lowest BCUT2D eigenvalue weighted by Crippen LogP contribution is -2.45. The molecule has 0 unspecified atom stereocenters. The van der Waals surface area contributed by atoms with Crippen molar-refractivity contribution < 1.29 is 18.0 Å². The molecule has 1 saturated heterocycles. The normalized spacial score (nSPS) is 17.8. The molecule has 0 aromatic heterocycles. The summed E-state index contributed by atoms with van der Waals surface area (Å²) in [5.41, 5.74) is 0.555. The molecule has 3 rings (SSSR count). The number of amides is 2. The van der Waals surface area contributed by atoms with Crippen molar-refractivity contribution in [1.82, 2.24) is 4.31 Å². The van der Waals surface area contributed by atoms with Gasteiger partial charge in [-0.05, 0) is 30.7 Å². The number of hydrogen-bond donors (Lipinski definition) is 1. The van der Waals surface area contributed by atoms with E-state index >= 15 is 0 Å². The molecule has 0 radical (unpaired) electrons. The van der Waals surface area contributed by atoms with E-state index < -0.39 is 27.9 Å². The van der Waals surface area contributed by atoms with Crippen molar-refractivity contribution in [3.05, 3.63) is 60.7 Å². The number of para-hydroxylation sites is 1. The molecule has 0 spiro atoms. The van der Waals surface area contributed by atoms with Crippen LogP contribution in [-0.2, 0) is 19.6 Å². The summed E-state index contributed by atoms with van der Waals surface area (Å²) >= 11 is 0. The highest BCUT2D eigenvalue weighted by molar-refractivity contribution is 7.89. The molecule has 1 fully saturated rings. The summed E-state index contributed by atoms with van der Waals surface area (Å²) < 4.78 is 26.2. The van der Waals surface area contributed by atoms with Crippen molar-refractivity contribution in [2.45, 2.75) is 23.8 Å². The van der Waals surface area contributed by atoms with Gasteiger partial charge in [-0.3, -0.25) is 9.59 Å². The summed E-state index contributed by atoms with van der Waals surface area (Å²) in [5, 5.41) is 2.66. The maximum Gasteiger partial charge on any atom is 0.267 e. The zero-order valence-electron chi connectivity index (χ0n) is 12.8. The first kappa shape index (κ1) is 16.2. The van der Waals surface area contributed by atoms with Gasteiger partial charge < -0.3 is 5.32 Å². The van der Waals surface area contributed by atoms with Crippen LogP contribution in [0.2, 0.25) is 0 Å². The third kappa shape index (κ3) is 3.03. The number of nitrogens with zero attached hydrogens (tertiary/aromatic N) is 1. The van der Waals surface area contributed by atoms with Gasteiger partial charge in [-0.1, -0.05) is 36.4 Å². The van der Waals surface area contributed by atoms with Gasteiger partial charge in [-0.15, -0.1) is 0 Å². The van der Waals surface area contributed by atoms with Gasteiger partial charge in [0.05, 0.1) is 4.90 Å². The number of carbonyl (C=O) groups is 2. The highest BCUT2D eigenvalue weighted by Gasteiger charge is 2.44. The molecule has 1 atom stereocenters. The van der Waals surface area contributed by atoms with Crippen LogP contribution >= 0.6 is 0 Å². The van der Waals surface area contributed by atoms with Crippen molar-refractivity contribution in [3.8, 4) is 0 Å². The Labute approximate surface area is 140 Å². The van der Waals surface area contributed by atoms with Gasteiger partial charge >= 0.3 is 0 Å². The van der Waals surface area contributed by atoms with Crippen molar-refractivity contribution in [2.75, 3.05) is 5.32 Å². The average molecular weight is 344 g/mol. The molecule has 1 aliphatic heterocycles. The topological polar surface area (TPSA) is 83.6 Å². The molecule has 7 heteroatoms. The van der Waals surface area contributed by atoms with E-state index in [1.54, 1.807) is 48.5 Å². The second kappa shape index (κ2) is 6.45. The Kier molecular flexibility index (Phi) is 4.35. The molecule has 2 amide bonds. The van der Waals surface area contributed by atoms with Gasteiger partial charge in [0.15, 0.2) is 0 Å². The summed E-state index contributed by atoms with van der Waals surface area (Å²) in [6.45, 7) is 0. The Morgan fingerprint density at radius 3 is 2.21 bits per heavy atom. The smallest absolute Gasteiger partial charge is 0.267 e.